The molecule has 3 N–H and O–H groups in total. The first-order valence-corrected chi connectivity index (χ1v) is 12.7. The first-order valence-electron chi connectivity index (χ1n) is 11.9. The molecule has 0 saturated carbocycles. The molecule has 35 heavy (non-hydrogen) atoms. The number of amides is 2. The van der Waals surface area contributed by atoms with Crippen molar-refractivity contribution >= 4 is 44.9 Å². The van der Waals surface area contributed by atoms with Crippen LogP contribution in [0.25, 0.3) is 10.2 Å². The molecule has 1 aliphatic rings. The van der Waals surface area contributed by atoms with Gasteiger partial charge in [0.25, 0.3) is 5.91 Å². The summed E-state index contributed by atoms with van der Waals surface area (Å²) in [5, 5.41) is 3.80. The lowest BCUT2D eigenvalue weighted by molar-refractivity contribution is 0.0240. The predicted molar refractivity (Wildman–Crippen MR) is 141 cm³/mol. The average molecular weight is 496 g/mol. The van der Waals surface area contributed by atoms with Crippen molar-refractivity contribution in [2.45, 2.75) is 39.7 Å². The Morgan fingerprint density at radius 3 is 2.43 bits per heavy atom. The lowest BCUT2D eigenvalue weighted by Crippen LogP contribution is -2.50. The van der Waals surface area contributed by atoms with Crippen LogP contribution in [-0.4, -0.2) is 60.2 Å². The van der Waals surface area contributed by atoms with E-state index in [1.807, 2.05) is 39.8 Å². The zero-order valence-electron chi connectivity index (χ0n) is 20.8. The number of benzene rings is 1. The fourth-order valence-electron chi connectivity index (χ4n) is 4.01. The topological polar surface area (TPSA) is 101 Å². The molecule has 3 aromatic rings. The second kappa shape index (κ2) is 10.1. The highest BCUT2D eigenvalue weighted by molar-refractivity contribution is 7.21. The van der Waals surface area contributed by atoms with Crippen LogP contribution in [-0.2, 0) is 11.2 Å². The van der Waals surface area contributed by atoms with Gasteiger partial charge in [-0.3, -0.25) is 4.79 Å². The van der Waals surface area contributed by atoms with Crippen molar-refractivity contribution < 1.29 is 14.3 Å². The van der Waals surface area contributed by atoms with Gasteiger partial charge in [0.15, 0.2) is 0 Å². The lowest BCUT2D eigenvalue weighted by atomic mass is 10.1. The maximum Gasteiger partial charge on any atom is 0.410 e. The third-order valence-corrected chi connectivity index (χ3v) is 6.99. The number of rotatable bonds is 5. The molecule has 0 spiro atoms. The number of anilines is 2. The van der Waals surface area contributed by atoms with Gasteiger partial charge in [-0.1, -0.05) is 12.1 Å². The third-order valence-electron chi connectivity index (χ3n) is 5.87. The minimum absolute atomic E-state index is 0.164. The summed E-state index contributed by atoms with van der Waals surface area (Å²) in [6.07, 6.45) is 0.471. The highest BCUT2D eigenvalue weighted by Gasteiger charge is 2.26. The molecule has 0 radical (unpaired) electrons. The van der Waals surface area contributed by atoms with Gasteiger partial charge in [-0.25, -0.2) is 9.78 Å². The number of hydrogen-bond acceptors (Lipinski definition) is 7. The van der Waals surface area contributed by atoms with Crippen LogP contribution >= 0.6 is 11.3 Å². The van der Waals surface area contributed by atoms with E-state index < -0.39 is 5.60 Å². The Bertz CT molecular complexity index is 1210. The zero-order valence-corrected chi connectivity index (χ0v) is 21.6. The number of carbonyl (C=O) groups is 2. The standard InChI is InChI=1S/C26H33N5O3S/c1-17-5-10-20-21(27)22(35-24(20)29-17)23(32)28-12-11-18-6-8-19(9-7-18)30-13-15-31(16-14-30)25(33)34-26(2,3)4/h5-10H,11-16,27H2,1-4H3,(H,28,32). The van der Waals surface area contributed by atoms with Gasteiger partial charge >= 0.3 is 6.09 Å². The van der Waals surface area contributed by atoms with Crippen molar-refractivity contribution in [2.24, 2.45) is 0 Å². The number of nitrogens with two attached hydrogens (primary N) is 1. The molecular weight excluding hydrogens is 462 g/mol. The summed E-state index contributed by atoms with van der Waals surface area (Å²) in [5.41, 5.74) is 9.37. The normalized spacial score (nSPS) is 14.3. The van der Waals surface area contributed by atoms with E-state index in [2.05, 4.69) is 39.5 Å². The second-order valence-electron chi connectivity index (χ2n) is 9.78. The molecule has 0 bridgehead atoms. The molecule has 8 nitrogen and oxygen atoms in total. The highest BCUT2D eigenvalue weighted by Crippen LogP contribution is 2.32. The summed E-state index contributed by atoms with van der Waals surface area (Å²) in [7, 11) is 0. The predicted octanol–water partition coefficient (Wildman–Crippen LogP) is 4.22. The second-order valence-corrected chi connectivity index (χ2v) is 10.8. The van der Waals surface area contributed by atoms with Crippen LogP contribution in [0.4, 0.5) is 16.2 Å². The molecule has 0 unspecified atom stereocenters. The zero-order chi connectivity index (χ0) is 25.2. The molecule has 9 heteroatoms. The third kappa shape index (κ3) is 6.03. The Balaban J connectivity index is 1.26. The number of fused-ring (bicyclic) bond motifs is 1. The Morgan fingerprint density at radius 1 is 1.09 bits per heavy atom. The van der Waals surface area contributed by atoms with Gasteiger partial charge in [0.1, 0.15) is 15.3 Å². The molecule has 1 aliphatic heterocycles. The van der Waals surface area contributed by atoms with Crippen LogP contribution in [0.1, 0.15) is 41.7 Å². The van der Waals surface area contributed by atoms with Gasteiger partial charge in [0, 0.05) is 49.5 Å². The molecule has 0 atom stereocenters. The van der Waals surface area contributed by atoms with Crippen molar-refractivity contribution in [1.82, 2.24) is 15.2 Å². The van der Waals surface area contributed by atoms with Gasteiger partial charge in [-0.05, 0) is 63.9 Å². The maximum absolute atomic E-state index is 12.7. The molecule has 3 heterocycles. The number of thiophene rings is 1. The Labute approximate surface area is 210 Å². The summed E-state index contributed by atoms with van der Waals surface area (Å²) < 4.78 is 5.47. The highest BCUT2D eigenvalue weighted by atomic mass is 32.1. The molecule has 186 valence electrons. The summed E-state index contributed by atoms with van der Waals surface area (Å²) in [5.74, 6) is -0.164. The van der Waals surface area contributed by atoms with Gasteiger partial charge in [-0.2, -0.15) is 0 Å². The maximum atomic E-state index is 12.7. The van der Waals surface area contributed by atoms with E-state index in [9.17, 15) is 9.59 Å². The fourth-order valence-corrected chi connectivity index (χ4v) is 5.06. The van der Waals surface area contributed by atoms with Gasteiger partial charge in [-0.15, -0.1) is 11.3 Å². The average Bonchev–Trinajstić information content (AvgIpc) is 3.14. The van der Waals surface area contributed by atoms with Crippen molar-refractivity contribution in [1.29, 1.82) is 0 Å². The van der Waals surface area contributed by atoms with Crippen LogP contribution in [0.5, 0.6) is 0 Å². The molecule has 1 fully saturated rings. The van der Waals surface area contributed by atoms with Gasteiger partial charge < -0.3 is 25.6 Å². The van der Waals surface area contributed by atoms with Crippen LogP contribution in [0.15, 0.2) is 36.4 Å². The molecule has 4 rings (SSSR count). The monoisotopic (exact) mass is 495 g/mol. The van der Waals surface area contributed by atoms with Gasteiger partial charge in [0.05, 0.1) is 5.69 Å². The number of pyridine rings is 1. The summed E-state index contributed by atoms with van der Waals surface area (Å²) in [6, 6.07) is 12.2. The van der Waals surface area contributed by atoms with Crippen molar-refractivity contribution in [3.8, 4) is 0 Å². The molecule has 2 amide bonds. The van der Waals surface area contributed by atoms with E-state index in [-0.39, 0.29) is 12.0 Å². The number of carbonyl (C=O) groups excluding carboxylic acids is 2. The minimum Gasteiger partial charge on any atom is -0.444 e. The fraction of sp³-hybridized carbons (Fsp3) is 0.423. The lowest BCUT2D eigenvalue weighted by Gasteiger charge is -2.36. The largest absolute Gasteiger partial charge is 0.444 e. The number of nitrogens with zero attached hydrogens (tertiary/aromatic N) is 3. The number of nitrogens with one attached hydrogen (secondary N) is 1. The van der Waals surface area contributed by atoms with Crippen molar-refractivity contribution in [2.75, 3.05) is 43.4 Å². The van der Waals surface area contributed by atoms with E-state index in [4.69, 9.17) is 10.5 Å². The molecular formula is C26H33N5O3S. The Hall–Kier alpha value is -3.33. The number of hydrogen-bond donors (Lipinski definition) is 2. The number of piperazine rings is 1. The number of aryl methyl sites for hydroxylation is 1. The van der Waals surface area contributed by atoms with E-state index in [1.54, 1.807) is 4.90 Å². The van der Waals surface area contributed by atoms with Crippen molar-refractivity contribution in [3.05, 3.63) is 52.5 Å². The first kappa shape index (κ1) is 24.8. The molecule has 1 aromatic carbocycles. The Morgan fingerprint density at radius 2 is 1.77 bits per heavy atom. The number of aromatic nitrogens is 1. The molecule has 0 aliphatic carbocycles. The minimum atomic E-state index is -0.482. The van der Waals surface area contributed by atoms with E-state index >= 15 is 0 Å². The van der Waals surface area contributed by atoms with Crippen LogP contribution in [0.2, 0.25) is 0 Å². The van der Waals surface area contributed by atoms with E-state index in [1.165, 1.54) is 11.3 Å². The van der Waals surface area contributed by atoms with Crippen LogP contribution in [0.3, 0.4) is 0 Å². The van der Waals surface area contributed by atoms with Crippen LogP contribution < -0.4 is 16.0 Å². The molecule has 1 saturated heterocycles. The first-order chi connectivity index (χ1) is 16.6. The Kier molecular flexibility index (Phi) is 7.16. The smallest absolute Gasteiger partial charge is 0.410 e. The van der Waals surface area contributed by atoms with Crippen molar-refractivity contribution in [3.63, 3.8) is 0 Å². The van der Waals surface area contributed by atoms with E-state index in [0.29, 0.717) is 30.2 Å². The molecule has 2 aromatic heterocycles. The SMILES string of the molecule is Cc1ccc2c(N)c(C(=O)NCCc3ccc(N4CCN(C(=O)OC(C)(C)C)CC4)cc3)sc2n1. The summed E-state index contributed by atoms with van der Waals surface area (Å²) >= 11 is 1.33. The summed E-state index contributed by atoms with van der Waals surface area (Å²) in [6.45, 7) is 10.9. The van der Waals surface area contributed by atoms with Gasteiger partial charge in [0.2, 0.25) is 0 Å². The van der Waals surface area contributed by atoms with Crippen LogP contribution in [0, 0.1) is 6.92 Å². The van der Waals surface area contributed by atoms with E-state index in [0.717, 1.165) is 46.7 Å². The number of nitrogen functional groups attached to an aromatic ring is 1. The number of ether oxygens (including phenoxy) is 1. The quantitative estimate of drug-likeness (QED) is 0.550. The summed E-state index contributed by atoms with van der Waals surface area (Å²) in [4.78, 5) is 34.7.